The normalized spacial score (nSPS) is 12.0. The lowest BCUT2D eigenvalue weighted by molar-refractivity contribution is 0.315. The van der Waals surface area contributed by atoms with E-state index in [4.69, 9.17) is 4.52 Å². The lowest BCUT2D eigenvalue weighted by Crippen LogP contribution is -2.31. The van der Waals surface area contributed by atoms with E-state index >= 15 is 0 Å². The van der Waals surface area contributed by atoms with Gasteiger partial charge >= 0.3 is 0 Å². The van der Waals surface area contributed by atoms with Gasteiger partial charge in [0.2, 0.25) is 21.7 Å². The van der Waals surface area contributed by atoms with Crippen LogP contribution in [-0.2, 0) is 16.6 Å². The van der Waals surface area contributed by atoms with Crippen molar-refractivity contribution in [2.75, 3.05) is 6.54 Å². The maximum Gasteiger partial charge on any atom is 0.243 e. The summed E-state index contributed by atoms with van der Waals surface area (Å²) < 4.78 is 32.9. The van der Waals surface area contributed by atoms with E-state index in [1.165, 1.54) is 4.31 Å². The molecule has 7 heteroatoms. The Bertz CT molecular complexity index is 997. The van der Waals surface area contributed by atoms with Gasteiger partial charge in [-0.2, -0.15) is 9.29 Å². The Labute approximate surface area is 166 Å². The Morgan fingerprint density at radius 3 is 2.32 bits per heavy atom. The van der Waals surface area contributed by atoms with Crippen LogP contribution >= 0.6 is 0 Å². The third kappa shape index (κ3) is 4.48. The van der Waals surface area contributed by atoms with E-state index in [0.717, 1.165) is 11.1 Å². The minimum atomic E-state index is -3.65. The van der Waals surface area contributed by atoms with Gasteiger partial charge in [0.1, 0.15) is 0 Å². The van der Waals surface area contributed by atoms with Crippen molar-refractivity contribution < 1.29 is 12.9 Å². The number of rotatable bonds is 8. The van der Waals surface area contributed by atoms with Crippen LogP contribution in [0.15, 0.2) is 64.0 Å². The van der Waals surface area contributed by atoms with Crippen molar-refractivity contribution in [2.24, 2.45) is 0 Å². The summed E-state index contributed by atoms with van der Waals surface area (Å²) in [5, 5.41) is 3.98. The average molecular weight is 400 g/mol. The topological polar surface area (TPSA) is 76.3 Å². The summed E-state index contributed by atoms with van der Waals surface area (Å²) in [6.45, 7) is 6.51. The zero-order valence-electron chi connectivity index (χ0n) is 16.4. The standard InChI is InChI=1S/C21H25N3O3S/c1-4-14-24(28(25,26)19-12-10-17(11-13-19)16(2)3)15-20-22-21(23-27-20)18-8-6-5-7-9-18/h5-13,16H,4,14-15H2,1-3H3. The van der Waals surface area contributed by atoms with Crippen molar-refractivity contribution in [2.45, 2.75) is 44.6 Å². The first-order chi connectivity index (χ1) is 13.4. The minimum absolute atomic E-state index is 0.0436. The van der Waals surface area contributed by atoms with E-state index < -0.39 is 10.0 Å². The maximum atomic E-state index is 13.1. The Hall–Kier alpha value is -2.51. The van der Waals surface area contributed by atoms with Crippen LogP contribution in [0.25, 0.3) is 11.4 Å². The summed E-state index contributed by atoms with van der Waals surface area (Å²) >= 11 is 0. The van der Waals surface area contributed by atoms with Crippen molar-refractivity contribution in [3.8, 4) is 11.4 Å². The molecule has 0 spiro atoms. The van der Waals surface area contributed by atoms with Crippen LogP contribution in [0.3, 0.4) is 0 Å². The minimum Gasteiger partial charge on any atom is -0.338 e. The maximum absolute atomic E-state index is 13.1. The highest BCUT2D eigenvalue weighted by Gasteiger charge is 2.26. The zero-order valence-corrected chi connectivity index (χ0v) is 17.2. The summed E-state index contributed by atoms with van der Waals surface area (Å²) in [4.78, 5) is 4.63. The fourth-order valence-corrected chi connectivity index (χ4v) is 4.36. The summed E-state index contributed by atoms with van der Waals surface area (Å²) in [5.74, 6) is 1.07. The van der Waals surface area contributed by atoms with Crippen LogP contribution in [-0.4, -0.2) is 29.4 Å². The molecule has 0 aliphatic carbocycles. The van der Waals surface area contributed by atoms with Gasteiger partial charge in [0.25, 0.3) is 0 Å². The van der Waals surface area contributed by atoms with E-state index in [2.05, 4.69) is 24.0 Å². The van der Waals surface area contributed by atoms with Crippen LogP contribution in [0, 0.1) is 0 Å². The first-order valence-corrected chi connectivity index (χ1v) is 10.8. The molecule has 3 rings (SSSR count). The molecule has 0 saturated heterocycles. The second kappa shape index (κ2) is 8.67. The Balaban J connectivity index is 1.84. The number of sulfonamides is 1. The third-order valence-electron chi connectivity index (χ3n) is 4.47. The molecule has 0 saturated carbocycles. The number of hydrogen-bond acceptors (Lipinski definition) is 5. The summed E-state index contributed by atoms with van der Waals surface area (Å²) in [5.41, 5.74) is 1.93. The molecule has 1 heterocycles. The van der Waals surface area contributed by atoms with Gasteiger partial charge in [0, 0.05) is 12.1 Å². The van der Waals surface area contributed by atoms with Crippen molar-refractivity contribution >= 4 is 10.0 Å². The van der Waals surface area contributed by atoms with E-state index in [9.17, 15) is 8.42 Å². The molecule has 0 unspecified atom stereocenters. The lowest BCUT2D eigenvalue weighted by Gasteiger charge is -2.20. The van der Waals surface area contributed by atoms with Gasteiger partial charge in [-0.15, -0.1) is 0 Å². The fraction of sp³-hybridized carbons (Fsp3) is 0.333. The van der Waals surface area contributed by atoms with E-state index in [1.54, 1.807) is 12.1 Å². The molecule has 148 valence electrons. The number of nitrogens with zero attached hydrogens (tertiary/aromatic N) is 3. The van der Waals surface area contributed by atoms with Crippen LogP contribution in [0.1, 0.15) is 44.6 Å². The molecule has 2 aromatic carbocycles. The van der Waals surface area contributed by atoms with Crippen molar-refractivity contribution in [3.05, 3.63) is 66.1 Å². The SMILES string of the molecule is CCCN(Cc1nc(-c2ccccc2)no1)S(=O)(=O)c1ccc(C(C)C)cc1. The average Bonchev–Trinajstić information content (AvgIpc) is 3.17. The summed E-state index contributed by atoms with van der Waals surface area (Å²) in [6, 6.07) is 16.5. The highest BCUT2D eigenvalue weighted by atomic mass is 32.2. The molecular formula is C21H25N3O3S. The van der Waals surface area contributed by atoms with Crippen molar-refractivity contribution in [1.29, 1.82) is 0 Å². The monoisotopic (exact) mass is 399 g/mol. The molecule has 3 aromatic rings. The van der Waals surface area contributed by atoms with Crippen LogP contribution in [0.2, 0.25) is 0 Å². The largest absolute Gasteiger partial charge is 0.338 e. The highest BCUT2D eigenvalue weighted by Crippen LogP contribution is 2.22. The van der Waals surface area contributed by atoms with Crippen LogP contribution in [0.4, 0.5) is 0 Å². The van der Waals surface area contributed by atoms with Gasteiger partial charge in [-0.3, -0.25) is 0 Å². The zero-order chi connectivity index (χ0) is 20.1. The van der Waals surface area contributed by atoms with Crippen LogP contribution in [0.5, 0.6) is 0 Å². The Kier molecular flexibility index (Phi) is 6.26. The van der Waals surface area contributed by atoms with Gasteiger partial charge in [-0.25, -0.2) is 8.42 Å². The van der Waals surface area contributed by atoms with Crippen molar-refractivity contribution in [3.63, 3.8) is 0 Å². The molecule has 0 atom stereocenters. The van der Waals surface area contributed by atoms with Gasteiger partial charge in [0.15, 0.2) is 0 Å². The molecule has 0 radical (unpaired) electrons. The molecule has 28 heavy (non-hydrogen) atoms. The smallest absolute Gasteiger partial charge is 0.243 e. The van der Waals surface area contributed by atoms with E-state index in [0.29, 0.717) is 24.7 Å². The molecule has 6 nitrogen and oxygen atoms in total. The van der Waals surface area contributed by atoms with Crippen molar-refractivity contribution in [1.82, 2.24) is 14.4 Å². The van der Waals surface area contributed by atoms with E-state index in [-0.39, 0.29) is 17.3 Å². The molecule has 0 bridgehead atoms. The molecule has 0 aliphatic rings. The fourth-order valence-electron chi connectivity index (χ4n) is 2.88. The predicted octanol–water partition coefficient (Wildman–Crippen LogP) is 4.46. The first-order valence-electron chi connectivity index (χ1n) is 9.40. The summed E-state index contributed by atoms with van der Waals surface area (Å²) in [6.07, 6.45) is 0.684. The van der Waals surface area contributed by atoms with Crippen LogP contribution < -0.4 is 0 Å². The predicted molar refractivity (Wildman–Crippen MR) is 108 cm³/mol. The molecule has 0 amide bonds. The Morgan fingerprint density at radius 1 is 1.04 bits per heavy atom. The highest BCUT2D eigenvalue weighted by molar-refractivity contribution is 7.89. The summed E-state index contributed by atoms with van der Waals surface area (Å²) in [7, 11) is -3.65. The quantitative estimate of drug-likeness (QED) is 0.559. The number of benzene rings is 2. The molecular weight excluding hydrogens is 374 g/mol. The van der Waals surface area contributed by atoms with Gasteiger partial charge in [-0.05, 0) is 30.0 Å². The molecule has 0 aliphatic heterocycles. The second-order valence-corrected chi connectivity index (χ2v) is 8.88. The molecule has 1 aromatic heterocycles. The van der Waals surface area contributed by atoms with Gasteiger partial charge in [0.05, 0.1) is 11.4 Å². The lowest BCUT2D eigenvalue weighted by atomic mass is 10.0. The molecule has 0 fully saturated rings. The number of aromatic nitrogens is 2. The van der Waals surface area contributed by atoms with E-state index in [1.807, 2.05) is 49.4 Å². The third-order valence-corrected chi connectivity index (χ3v) is 6.33. The second-order valence-electron chi connectivity index (χ2n) is 6.94. The number of hydrogen-bond donors (Lipinski definition) is 0. The molecule has 0 N–H and O–H groups in total. The van der Waals surface area contributed by atoms with Gasteiger partial charge in [-0.1, -0.05) is 68.4 Å². The first kappa shape index (κ1) is 20.2. The van der Waals surface area contributed by atoms with Gasteiger partial charge < -0.3 is 4.52 Å². The Morgan fingerprint density at radius 2 is 1.71 bits per heavy atom.